The predicted octanol–water partition coefficient (Wildman–Crippen LogP) is 4.12. The van der Waals surface area contributed by atoms with E-state index in [-0.39, 0.29) is 10.1 Å². The van der Waals surface area contributed by atoms with Gasteiger partial charge in [0, 0.05) is 12.2 Å². The van der Waals surface area contributed by atoms with Gasteiger partial charge in [-0.3, -0.25) is 9.52 Å². The van der Waals surface area contributed by atoms with Crippen LogP contribution in [0.15, 0.2) is 44.4 Å². The maximum absolute atomic E-state index is 12.5. The van der Waals surface area contributed by atoms with Crippen LogP contribution >= 0.6 is 27.3 Å². The lowest BCUT2D eigenvalue weighted by Gasteiger charge is -2.17. The van der Waals surface area contributed by atoms with E-state index in [1.54, 1.807) is 24.3 Å². The van der Waals surface area contributed by atoms with Crippen LogP contribution in [-0.2, 0) is 20.2 Å². The summed E-state index contributed by atoms with van der Waals surface area (Å²) in [6.07, 6.45) is 1.65. The molecular weight excluding hydrogens is 436 g/mol. The summed E-state index contributed by atoms with van der Waals surface area (Å²) in [6.45, 7) is 4.79. The standard InChI is InChI=1S/C18H21BrN2O3S2/c1-12(2)11-20-17(22)18(9-10-18)13-3-5-14(6-4-13)21-26(23,24)16-8-7-15(19)25-16/h3-8,12,21H,9-11H2,1-2H3,(H,20,22). The van der Waals surface area contributed by atoms with Crippen LogP contribution in [0.25, 0.3) is 0 Å². The average Bonchev–Trinajstić information content (AvgIpc) is 3.27. The molecule has 1 aromatic heterocycles. The number of carbonyl (C=O) groups excluding carboxylic acids is 1. The third-order valence-corrected chi connectivity index (χ3v) is 7.86. The van der Waals surface area contributed by atoms with Gasteiger partial charge in [0.05, 0.1) is 9.20 Å². The number of sulfonamides is 1. The minimum Gasteiger partial charge on any atom is -0.355 e. The van der Waals surface area contributed by atoms with Gasteiger partial charge in [0.25, 0.3) is 10.0 Å². The van der Waals surface area contributed by atoms with Crippen molar-refractivity contribution in [2.24, 2.45) is 5.92 Å². The molecular formula is C18H21BrN2O3S2. The van der Waals surface area contributed by atoms with E-state index in [1.165, 1.54) is 0 Å². The monoisotopic (exact) mass is 456 g/mol. The van der Waals surface area contributed by atoms with Gasteiger partial charge >= 0.3 is 0 Å². The number of thiophene rings is 1. The summed E-state index contributed by atoms with van der Waals surface area (Å²) in [6, 6.07) is 10.4. The van der Waals surface area contributed by atoms with Crippen molar-refractivity contribution in [2.45, 2.75) is 36.3 Å². The van der Waals surface area contributed by atoms with Crippen molar-refractivity contribution >= 4 is 48.9 Å². The topological polar surface area (TPSA) is 75.3 Å². The Labute approximate surface area is 166 Å². The smallest absolute Gasteiger partial charge is 0.271 e. The van der Waals surface area contributed by atoms with Crippen molar-refractivity contribution in [2.75, 3.05) is 11.3 Å². The van der Waals surface area contributed by atoms with Crippen molar-refractivity contribution in [3.8, 4) is 0 Å². The summed E-state index contributed by atoms with van der Waals surface area (Å²) >= 11 is 4.43. The number of carbonyl (C=O) groups is 1. The predicted molar refractivity (Wildman–Crippen MR) is 108 cm³/mol. The Morgan fingerprint density at radius 2 is 1.85 bits per heavy atom. The number of halogens is 1. The molecule has 1 fully saturated rings. The molecule has 3 rings (SSSR count). The first kappa shape index (κ1) is 19.4. The van der Waals surface area contributed by atoms with Crippen LogP contribution in [0.4, 0.5) is 5.69 Å². The number of amides is 1. The molecule has 1 aliphatic carbocycles. The van der Waals surface area contributed by atoms with Crippen LogP contribution in [-0.4, -0.2) is 20.9 Å². The van der Waals surface area contributed by atoms with Crippen molar-refractivity contribution in [1.82, 2.24) is 5.32 Å². The van der Waals surface area contributed by atoms with E-state index >= 15 is 0 Å². The van der Waals surface area contributed by atoms with E-state index in [2.05, 4.69) is 39.8 Å². The molecule has 0 bridgehead atoms. The van der Waals surface area contributed by atoms with Gasteiger partial charge in [-0.1, -0.05) is 26.0 Å². The lowest BCUT2D eigenvalue weighted by atomic mass is 9.94. The van der Waals surface area contributed by atoms with E-state index < -0.39 is 15.4 Å². The van der Waals surface area contributed by atoms with Crippen LogP contribution in [0.1, 0.15) is 32.3 Å². The van der Waals surface area contributed by atoms with Crippen molar-refractivity contribution < 1.29 is 13.2 Å². The van der Waals surface area contributed by atoms with Crippen molar-refractivity contribution in [3.63, 3.8) is 0 Å². The number of rotatable bonds is 7. The van der Waals surface area contributed by atoms with Crippen LogP contribution in [0, 0.1) is 5.92 Å². The highest BCUT2D eigenvalue weighted by Gasteiger charge is 2.51. The highest BCUT2D eigenvalue weighted by Crippen LogP contribution is 2.48. The van der Waals surface area contributed by atoms with Gasteiger partial charge in [0.15, 0.2) is 0 Å². The highest BCUT2D eigenvalue weighted by atomic mass is 79.9. The second kappa shape index (κ2) is 7.32. The normalized spacial score (nSPS) is 15.7. The molecule has 1 aliphatic rings. The van der Waals surface area contributed by atoms with E-state index in [0.717, 1.165) is 33.5 Å². The molecule has 0 saturated heterocycles. The Morgan fingerprint density at radius 3 is 2.35 bits per heavy atom. The summed E-state index contributed by atoms with van der Waals surface area (Å²) in [5, 5.41) is 3.01. The maximum atomic E-state index is 12.5. The Hall–Kier alpha value is -1.38. The minimum absolute atomic E-state index is 0.0583. The lowest BCUT2D eigenvalue weighted by molar-refractivity contribution is -0.123. The summed E-state index contributed by atoms with van der Waals surface area (Å²) in [5.74, 6) is 0.465. The molecule has 2 N–H and O–H groups in total. The van der Waals surface area contributed by atoms with E-state index in [1.807, 2.05) is 12.1 Å². The Balaban J connectivity index is 1.72. The molecule has 2 aromatic rings. The first-order valence-electron chi connectivity index (χ1n) is 8.40. The molecule has 0 radical (unpaired) electrons. The van der Waals surface area contributed by atoms with Gasteiger partial charge in [-0.2, -0.15) is 0 Å². The van der Waals surface area contributed by atoms with Gasteiger partial charge in [-0.05, 0) is 64.5 Å². The van der Waals surface area contributed by atoms with Crippen LogP contribution in [0.2, 0.25) is 0 Å². The number of benzene rings is 1. The lowest BCUT2D eigenvalue weighted by Crippen LogP contribution is -2.36. The molecule has 1 aromatic carbocycles. The van der Waals surface area contributed by atoms with E-state index in [0.29, 0.717) is 18.2 Å². The SMILES string of the molecule is CC(C)CNC(=O)C1(c2ccc(NS(=O)(=O)c3ccc(Br)s3)cc2)CC1. The Kier molecular flexibility index (Phi) is 5.46. The average molecular weight is 457 g/mol. The number of anilines is 1. The van der Waals surface area contributed by atoms with Gasteiger partial charge in [0.2, 0.25) is 5.91 Å². The number of hydrogen-bond donors (Lipinski definition) is 2. The summed E-state index contributed by atoms with van der Waals surface area (Å²) < 4.78 is 28.3. The first-order chi connectivity index (χ1) is 12.2. The second-order valence-corrected chi connectivity index (χ2v) is 11.3. The largest absolute Gasteiger partial charge is 0.355 e. The second-order valence-electron chi connectivity index (χ2n) is 6.93. The van der Waals surface area contributed by atoms with Crippen molar-refractivity contribution in [1.29, 1.82) is 0 Å². The zero-order chi connectivity index (χ0) is 18.9. The van der Waals surface area contributed by atoms with Gasteiger partial charge < -0.3 is 5.32 Å². The molecule has 0 unspecified atom stereocenters. The third kappa shape index (κ3) is 4.13. The fraction of sp³-hybridized carbons (Fsp3) is 0.389. The zero-order valence-corrected chi connectivity index (χ0v) is 17.8. The maximum Gasteiger partial charge on any atom is 0.271 e. The van der Waals surface area contributed by atoms with Crippen LogP contribution in [0.3, 0.4) is 0 Å². The van der Waals surface area contributed by atoms with E-state index in [9.17, 15) is 13.2 Å². The molecule has 140 valence electrons. The molecule has 1 amide bonds. The number of hydrogen-bond acceptors (Lipinski definition) is 4. The molecule has 0 spiro atoms. The van der Waals surface area contributed by atoms with Crippen LogP contribution in [0.5, 0.6) is 0 Å². The van der Waals surface area contributed by atoms with Gasteiger partial charge in [-0.25, -0.2) is 8.42 Å². The molecule has 0 atom stereocenters. The first-order valence-corrected chi connectivity index (χ1v) is 11.5. The molecule has 1 heterocycles. The number of nitrogens with one attached hydrogen (secondary N) is 2. The van der Waals surface area contributed by atoms with E-state index in [4.69, 9.17) is 0 Å². The fourth-order valence-corrected chi connectivity index (χ4v) is 5.81. The molecule has 1 saturated carbocycles. The summed E-state index contributed by atoms with van der Waals surface area (Å²) in [4.78, 5) is 12.5. The highest BCUT2D eigenvalue weighted by molar-refractivity contribution is 9.11. The molecule has 5 nitrogen and oxygen atoms in total. The minimum atomic E-state index is -3.60. The van der Waals surface area contributed by atoms with Gasteiger partial charge in [-0.15, -0.1) is 11.3 Å². The summed E-state index contributed by atoms with van der Waals surface area (Å²) in [7, 11) is -3.60. The Bertz CT molecular complexity index is 901. The fourth-order valence-electron chi connectivity index (χ4n) is 2.74. The zero-order valence-electron chi connectivity index (χ0n) is 14.6. The molecule has 0 aliphatic heterocycles. The molecule has 26 heavy (non-hydrogen) atoms. The summed E-state index contributed by atoms with van der Waals surface area (Å²) in [5.41, 5.74) is 0.961. The van der Waals surface area contributed by atoms with Crippen LogP contribution < -0.4 is 10.0 Å². The molecule has 8 heteroatoms. The van der Waals surface area contributed by atoms with Crippen molar-refractivity contribution in [3.05, 3.63) is 45.7 Å². The Morgan fingerprint density at radius 1 is 1.19 bits per heavy atom. The van der Waals surface area contributed by atoms with Gasteiger partial charge in [0.1, 0.15) is 4.21 Å². The third-order valence-electron chi connectivity index (χ3n) is 4.36. The quantitative estimate of drug-likeness (QED) is 0.657.